The van der Waals surface area contributed by atoms with Gasteiger partial charge < -0.3 is 20.1 Å². The van der Waals surface area contributed by atoms with E-state index in [2.05, 4.69) is 15.6 Å². The number of amides is 2. The highest BCUT2D eigenvalue weighted by atomic mass is 32.1. The second kappa shape index (κ2) is 7.43. The third-order valence-corrected chi connectivity index (χ3v) is 6.07. The van der Waals surface area contributed by atoms with E-state index in [1.165, 1.54) is 11.3 Å². The van der Waals surface area contributed by atoms with Crippen LogP contribution in [0.4, 0.5) is 5.13 Å². The van der Waals surface area contributed by atoms with E-state index in [1.807, 2.05) is 32.0 Å². The number of nitrogens with one attached hydrogen (secondary N) is 2. The highest BCUT2D eigenvalue weighted by Crippen LogP contribution is 2.51. The van der Waals surface area contributed by atoms with E-state index in [0.717, 1.165) is 30.5 Å². The van der Waals surface area contributed by atoms with Gasteiger partial charge in [-0.2, -0.15) is 0 Å². The van der Waals surface area contributed by atoms with Crippen molar-refractivity contribution >= 4 is 28.3 Å². The maximum Gasteiger partial charge on any atom is 0.263 e. The van der Waals surface area contributed by atoms with Gasteiger partial charge in [-0.1, -0.05) is 30.7 Å². The summed E-state index contributed by atoms with van der Waals surface area (Å²) in [6.07, 6.45) is 3.13. The van der Waals surface area contributed by atoms with Crippen molar-refractivity contribution in [1.82, 2.24) is 10.3 Å². The van der Waals surface area contributed by atoms with Gasteiger partial charge in [-0.3, -0.25) is 9.59 Å². The smallest absolute Gasteiger partial charge is 0.263 e. The maximum atomic E-state index is 13.1. The normalized spacial score (nSPS) is 15.9. The van der Waals surface area contributed by atoms with E-state index in [0.29, 0.717) is 34.5 Å². The molecule has 1 aliphatic heterocycles. The molecule has 1 fully saturated rings. The fourth-order valence-electron chi connectivity index (χ4n) is 3.41. The topological polar surface area (TPSA) is 89.6 Å². The van der Waals surface area contributed by atoms with Gasteiger partial charge in [-0.15, -0.1) is 0 Å². The van der Waals surface area contributed by atoms with Crippen LogP contribution in [-0.2, 0) is 16.6 Å². The fourth-order valence-corrected chi connectivity index (χ4v) is 4.34. The van der Waals surface area contributed by atoms with E-state index in [-0.39, 0.29) is 18.6 Å². The van der Waals surface area contributed by atoms with Gasteiger partial charge in [0.05, 0.1) is 11.1 Å². The largest absolute Gasteiger partial charge is 0.454 e. The van der Waals surface area contributed by atoms with Crippen molar-refractivity contribution in [2.75, 3.05) is 18.7 Å². The van der Waals surface area contributed by atoms with Crippen LogP contribution in [0.3, 0.4) is 0 Å². The van der Waals surface area contributed by atoms with Gasteiger partial charge in [0.15, 0.2) is 16.6 Å². The van der Waals surface area contributed by atoms with Crippen LogP contribution in [0.1, 0.15) is 54.0 Å². The number of hydrogen-bond acceptors (Lipinski definition) is 6. The Kier molecular flexibility index (Phi) is 4.97. The molecule has 1 aliphatic carbocycles. The number of aromatic nitrogens is 1. The summed E-state index contributed by atoms with van der Waals surface area (Å²) in [6.45, 7) is 4.68. The predicted molar refractivity (Wildman–Crippen MR) is 106 cm³/mol. The number of carbonyl (C=O) groups is 2. The zero-order valence-electron chi connectivity index (χ0n) is 16.0. The molecule has 2 aromatic rings. The summed E-state index contributed by atoms with van der Waals surface area (Å²) in [7, 11) is 0. The third kappa shape index (κ3) is 3.32. The molecule has 4 rings (SSSR count). The molecule has 1 aromatic heterocycles. The lowest BCUT2D eigenvalue weighted by Crippen LogP contribution is -2.27. The van der Waals surface area contributed by atoms with Gasteiger partial charge in [0.1, 0.15) is 4.88 Å². The zero-order valence-corrected chi connectivity index (χ0v) is 16.8. The Bertz CT molecular complexity index is 920. The summed E-state index contributed by atoms with van der Waals surface area (Å²) in [6, 6.07) is 5.66. The molecular formula is C20H23N3O4S. The summed E-state index contributed by atoms with van der Waals surface area (Å²) in [5.41, 5.74) is 1.09. The summed E-state index contributed by atoms with van der Waals surface area (Å²) in [5.74, 6) is 1.15. The first kappa shape index (κ1) is 18.7. The molecule has 2 heterocycles. The minimum absolute atomic E-state index is 0.0920. The van der Waals surface area contributed by atoms with Crippen LogP contribution in [0.15, 0.2) is 18.2 Å². The van der Waals surface area contributed by atoms with Crippen molar-refractivity contribution in [3.63, 3.8) is 0 Å². The summed E-state index contributed by atoms with van der Waals surface area (Å²) in [5, 5.41) is 6.23. The SMILES string of the molecule is CCCc1nc(NC(=O)C2(c3ccc4c(c3)OCO4)CC2)sc1C(=O)NCC. The molecule has 148 valence electrons. The molecule has 0 spiro atoms. The van der Waals surface area contributed by atoms with Crippen LogP contribution in [0.2, 0.25) is 0 Å². The van der Waals surface area contributed by atoms with Crippen molar-refractivity contribution in [2.45, 2.75) is 44.9 Å². The van der Waals surface area contributed by atoms with Crippen LogP contribution in [0, 0.1) is 0 Å². The number of rotatable bonds is 7. The molecule has 2 N–H and O–H groups in total. The Balaban J connectivity index is 1.55. The number of hydrogen-bond donors (Lipinski definition) is 2. The lowest BCUT2D eigenvalue weighted by molar-refractivity contribution is -0.118. The van der Waals surface area contributed by atoms with Gasteiger partial charge in [0, 0.05) is 6.54 Å². The molecule has 0 radical (unpaired) electrons. The Morgan fingerprint density at radius 2 is 2.00 bits per heavy atom. The monoisotopic (exact) mass is 401 g/mol. The molecule has 7 nitrogen and oxygen atoms in total. The van der Waals surface area contributed by atoms with E-state index in [4.69, 9.17) is 9.47 Å². The van der Waals surface area contributed by atoms with Gasteiger partial charge in [-0.05, 0) is 43.9 Å². The molecule has 0 bridgehead atoms. The maximum absolute atomic E-state index is 13.1. The first-order valence-electron chi connectivity index (χ1n) is 9.57. The summed E-state index contributed by atoms with van der Waals surface area (Å²) < 4.78 is 10.8. The molecule has 28 heavy (non-hydrogen) atoms. The minimum Gasteiger partial charge on any atom is -0.454 e. The molecule has 0 saturated heterocycles. The zero-order chi connectivity index (χ0) is 19.7. The molecule has 2 amide bonds. The molecule has 0 unspecified atom stereocenters. The fraction of sp³-hybridized carbons (Fsp3) is 0.450. The Morgan fingerprint density at radius 3 is 2.71 bits per heavy atom. The molecule has 8 heteroatoms. The second-order valence-corrected chi connectivity index (χ2v) is 8.01. The van der Waals surface area contributed by atoms with Crippen LogP contribution in [0.25, 0.3) is 0 Å². The third-order valence-electron chi connectivity index (χ3n) is 5.06. The average Bonchev–Trinajstić information content (AvgIpc) is 3.20. The molecule has 0 atom stereocenters. The van der Waals surface area contributed by atoms with E-state index in [9.17, 15) is 9.59 Å². The van der Waals surface area contributed by atoms with E-state index >= 15 is 0 Å². The standard InChI is InChI=1S/C20H23N3O4S/c1-3-5-13-16(17(24)21-4-2)28-19(22-13)23-18(25)20(8-9-20)12-6-7-14-15(10-12)27-11-26-14/h6-7,10H,3-5,8-9,11H2,1-2H3,(H,21,24)(H,22,23,25). The number of fused-ring (bicyclic) bond motifs is 1. The van der Waals surface area contributed by atoms with Crippen LogP contribution < -0.4 is 20.1 Å². The first-order chi connectivity index (χ1) is 13.6. The molecular weight excluding hydrogens is 378 g/mol. The Hall–Kier alpha value is -2.61. The van der Waals surface area contributed by atoms with Gasteiger partial charge in [-0.25, -0.2) is 4.98 Å². The van der Waals surface area contributed by atoms with Gasteiger partial charge in [0.2, 0.25) is 12.7 Å². The van der Waals surface area contributed by atoms with Crippen LogP contribution in [-0.4, -0.2) is 30.1 Å². The lowest BCUT2D eigenvalue weighted by Gasteiger charge is -2.15. The minimum atomic E-state index is -0.566. The quantitative estimate of drug-likeness (QED) is 0.743. The van der Waals surface area contributed by atoms with Crippen molar-refractivity contribution < 1.29 is 19.1 Å². The van der Waals surface area contributed by atoms with Gasteiger partial charge >= 0.3 is 0 Å². The first-order valence-corrected chi connectivity index (χ1v) is 10.4. The van der Waals surface area contributed by atoms with E-state index in [1.54, 1.807) is 0 Å². The number of benzene rings is 1. The molecule has 1 saturated carbocycles. The number of anilines is 1. The number of aryl methyl sites for hydroxylation is 1. The Labute approximate surface area is 167 Å². The van der Waals surface area contributed by atoms with Crippen molar-refractivity contribution in [1.29, 1.82) is 0 Å². The Morgan fingerprint density at radius 1 is 1.21 bits per heavy atom. The molecule has 2 aliphatic rings. The predicted octanol–water partition coefficient (Wildman–Crippen LogP) is 3.24. The lowest BCUT2D eigenvalue weighted by atomic mass is 9.94. The second-order valence-electron chi connectivity index (χ2n) is 7.01. The number of thiazole rings is 1. The summed E-state index contributed by atoms with van der Waals surface area (Å²) >= 11 is 1.24. The number of nitrogens with zero attached hydrogens (tertiary/aromatic N) is 1. The van der Waals surface area contributed by atoms with Crippen LogP contribution in [0.5, 0.6) is 11.5 Å². The highest BCUT2D eigenvalue weighted by molar-refractivity contribution is 7.17. The highest BCUT2D eigenvalue weighted by Gasteiger charge is 2.52. The van der Waals surface area contributed by atoms with E-state index < -0.39 is 5.41 Å². The molecule has 1 aromatic carbocycles. The van der Waals surface area contributed by atoms with Crippen molar-refractivity contribution in [2.24, 2.45) is 0 Å². The van der Waals surface area contributed by atoms with Crippen molar-refractivity contribution in [3.05, 3.63) is 34.3 Å². The number of ether oxygens (including phenoxy) is 2. The van der Waals surface area contributed by atoms with Crippen LogP contribution >= 0.6 is 11.3 Å². The summed E-state index contributed by atoms with van der Waals surface area (Å²) in [4.78, 5) is 30.4. The van der Waals surface area contributed by atoms with Crippen molar-refractivity contribution in [3.8, 4) is 11.5 Å². The average molecular weight is 401 g/mol. The van der Waals surface area contributed by atoms with Gasteiger partial charge in [0.25, 0.3) is 5.91 Å². The number of carbonyl (C=O) groups excluding carboxylic acids is 2.